The van der Waals surface area contributed by atoms with Gasteiger partial charge in [0.1, 0.15) is 0 Å². The molecule has 0 aromatic heterocycles. The molecule has 126 valence electrons. The van der Waals surface area contributed by atoms with Gasteiger partial charge in [0.2, 0.25) is 0 Å². The lowest BCUT2D eigenvalue weighted by Gasteiger charge is -2.24. The maximum absolute atomic E-state index is 12.6. The number of carbonyl (C=O) groups excluding carboxylic acids is 1. The van der Waals surface area contributed by atoms with Crippen molar-refractivity contribution in [3.63, 3.8) is 0 Å². The number of carboxylic acid groups (broad SMARTS) is 1. The molecule has 0 aliphatic carbocycles. The van der Waals surface area contributed by atoms with Gasteiger partial charge in [-0.1, -0.05) is 18.2 Å². The van der Waals surface area contributed by atoms with Crippen LogP contribution in [0.3, 0.4) is 0 Å². The third-order valence-electron chi connectivity index (χ3n) is 3.97. The lowest BCUT2D eigenvalue weighted by molar-refractivity contribution is -0.138. The monoisotopic (exact) mass is 329 g/mol. The van der Waals surface area contributed by atoms with Gasteiger partial charge < -0.3 is 10.0 Å². The van der Waals surface area contributed by atoms with Gasteiger partial charge in [-0.2, -0.15) is 13.2 Å². The number of rotatable bonds is 5. The lowest BCUT2D eigenvalue weighted by atomic mass is 10.0. The van der Waals surface area contributed by atoms with Crippen molar-refractivity contribution in [1.29, 1.82) is 0 Å². The van der Waals surface area contributed by atoms with E-state index in [4.69, 9.17) is 5.11 Å². The second-order valence-electron chi connectivity index (χ2n) is 5.66. The standard InChI is InChI=1S/C16H18F3NO3/c17-16(18,19)8-7-11-4-1-2-6-13(11)15(23)20-9-3-5-12(20)10-14(21)22/h1-2,4,6,12H,3,5,7-10H2,(H,21,22). The number of halogens is 3. The zero-order valence-corrected chi connectivity index (χ0v) is 12.5. The third kappa shape index (κ3) is 4.71. The minimum Gasteiger partial charge on any atom is -0.481 e. The fourth-order valence-corrected chi connectivity index (χ4v) is 2.89. The first kappa shape index (κ1) is 17.3. The van der Waals surface area contributed by atoms with Gasteiger partial charge in [0.05, 0.1) is 6.42 Å². The van der Waals surface area contributed by atoms with E-state index in [2.05, 4.69) is 0 Å². The second kappa shape index (κ2) is 7.02. The molecule has 1 atom stereocenters. The first-order chi connectivity index (χ1) is 10.8. The molecular formula is C16H18F3NO3. The lowest BCUT2D eigenvalue weighted by Crippen LogP contribution is -2.37. The maximum Gasteiger partial charge on any atom is 0.389 e. The molecule has 1 aliphatic rings. The zero-order valence-electron chi connectivity index (χ0n) is 12.5. The Labute approximate surface area is 131 Å². The zero-order chi connectivity index (χ0) is 17.0. The highest BCUT2D eigenvalue weighted by molar-refractivity contribution is 5.96. The molecule has 0 bridgehead atoms. The molecule has 23 heavy (non-hydrogen) atoms. The molecule has 1 aromatic rings. The largest absolute Gasteiger partial charge is 0.481 e. The molecule has 0 saturated carbocycles. The molecule has 2 rings (SSSR count). The van der Waals surface area contributed by atoms with Crippen molar-refractivity contribution in [2.24, 2.45) is 0 Å². The number of aliphatic carboxylic acids is 1. The van der Waals surface area contributed by atoms with Crippen LogP contribution < -0.4 is 0 Å². The Bertz CT molecular complexity index is 586. The van der Waals surface area contributed by atoms with Crippen molar-refractivity contribution < 1.29 is 27.9 Å². The molecule has 1 aliphatic heterocycles. The van der Waals surface area contributed by atoms with Gasteiger partial charge in [0, 0.05) is 24.6 Å². The number of carbonyl (C=O) groups is 2. The van der Waals surface area contributed by atoms with Crippen LogP contribution in [-0.2, 0) is 11.2 Å². The SMILES string of the molecule is O=C(O)CC1CCCN1C(=O)c1ccccc1CCC(F)(F)F. The van der Waals surface area contributed by atoms with Crippen molar-refractivity contribution in [3.8, 4) is 0 Å². The third-order valence-corrected chi connectivity index (χ3v) is 3.97. The highest BCUT2D eigenvalue weighted by Gasteiger charge is 2.32. The van der Waals surface area contributed by atoms with Gasteiger partial charge in [0.25, 0.3) is 5.91 Å². The Morgan fingerprint density at radius 2 is 1.96 bits per heavy atom. The quantitative estimate of drug-likeness (QED) is 0.902. The number of aryl methyl sites for hydroxylation is 1. The number of hydrogen-bond acceptors (Lipinski definition) is 2. The number of nitrogens with zero attached hydrogens (tertiary/aromatic N) is 1. The van der Waals surface area contributed by atoms with Crippen molar-refractivity contribution in [1.82, 2.24) is 4.90 Å². The van der Waals surface area contributed by atoms with Gasteiger partial charge >= 0.3 is 12.1 Å². The number of alkyl halides is 3. The van der Waals surface area contributed by atoms with Crippen molar-refractivity contribution >= 4 is 11.9 Å². The fourth-order valence-electron chi connectivity index (χ4n) is 2.89. The van der Waals surface area contributed by atoms with Gasteiger partial charge in [0.15, 0.2) is 0 Å². The molecule has 1 saturated heterocycles. The van der Waals surface area contributed by atoms with Crippen LogP contribution in [0.5, 0.6) is 0 Å². The highest BCUT2D eigenvalue weighted by Crippen LogP contribution is 2.26. The number of amides is 1. The van der Waals surface area contributed by atoms with Crippen LogP contribution >= 0.6 is 0 Å². The van der Waals surface area contributed by atoms with Crippen molar-refractivity contribution in [2.75, 3.05) is 6.54 Å². The second-order valence-corrected chi connectivity index (χ2v) is 5.66. The first-order valence-electron chi connectivity index (χ1n) is 7.45. The highest BCUT2D eigenvalue weighted by atomic mass is 19.4. The minimum atomic E-state index is -4.28. The number of hydrogen-bond donors (Lipinski definition) is 1. The van der Waals surface area contributed by atoms with Gasteiger partial charge in [-0.3, -0.25) is 9.59 Å². The molecular weight excluding hydrogens is 311 g/mol. The summed E-state index contributed by atoms with van der Waals surface area (Å²) in [5.41, 5.74) is 0.574. The number of carboxylic acids is 1. The van der Waals surface area contributed by atoms with Gasteiger partial charge in [-0.25, -0.2) is 0 Å². The molecule has 7 heteroatoms. The van der Waals surface area contributed by atoms with Crippen LogP contribution in [0.1, 0.15) is 41.6 Å². The number of likely N-dealkylation sites (tertiary alicyclic amines) is 1. The Morgan fingerprint density at radius 3 is 2.61 bits per heavy atom. The van der Waals surface area contributed by atoms with E-state index in [0.29, 0.717) is 24.9 Å². The summed E-state index contributed by atoms with van der Waals surface area (Å²) in [5, 5.41) is 8.91. The summed E-state index contributed by atoms with van der Waals surface area (Å²) in [6, 6.07) is 5.83. The molecule has 0 radical (unpaired) electrons. The fraction of sp³-hybridized carbons (Fsp3) is 0.500. The maximum atomic E-state index is 12.6. The Balaban J connectivity index is 2.17. The number of benzene rings is 1. The summed E-state index contributed by atoms with van der Waals surface area (Å²) >= 11 is 0. The molecule has 1 heterocycles. The Morgan fingerprint density at radius 1 is 1.26 bits per heavy atom. The molecule has 1 aromatic carbocycles. The van der Waals surface area contributed by atoms with Gasteiger partial charge in [-0.15, -0.1) is 0 Å². The molecule has 1 unspecified atom stereocenters. The van der Waals surface area contributed by atoms with Crippen LogP contribution in [0.15, 0.2) is 24.3 Å². The van der Waals surface area contributed by atoms with E-state index in [1.54, 1.807) is 12.1 Å². The van der Waals surface area contributed by atoms with Crippen LogP contribution in [0.25, 0.3) is 0 Å². The van der Waals surface area contributed by atoms with Crippen LogP contribution in [-0.4, -0.2) is 40.6 Å². The van der Waals surface area contributed by atoms with E-state index in [-0.39, 0.29) is 24.3 Å². The molecule has 0 spiro atoms. The summed E-state index contributed by atoms with van der Waals surface area (Å²) in [5.74, 6) is -1.37. The summed E-state index contributed by atoms with van der Waals surface area (Å²) in [6.45, 7) is 0.435. The first-order valence-corrected chi connectivity index (χ1v) is 7.45. The minimum absolute atomic E-state index is 0.142. The average molecular weight is 329 g/mol. The van der Waals surface area contributed by atoms with Crippen molar-refractivity contribution in [3.05, 3.63) is 35.4 Å². The van der Waals surface area contributed by atoms with E-state index in [1.165, 1.54) is 17.0 Å². The predicted molar refractivity (Wildman–Crippen MR) is 77.1 cm³/mol. The van der Waals surface area contributed by atoms with Gasteiger partial charge in [-0.05, 0) is 30.9 Å². The van der Waals surface area contributed by atoms with Crippen LogP contribution in [0, 0.1) is 0 Å². The van der Waals surface area contributed by atoms with E-state index >= 15 is 0 Å². The van der Waals surface area contributed by atoms with E-state index < -0.39 is 24.6 Å². The average Bonchev–Trinajstić information content (AvgIpc) is 2.91. The Kier molecular flexibility index (Phi) is 5.28. The Hall–Kier alpha value is -2.05. The summed E-state index contributed by atoms with van der Waals surface area (Å²) in [6.07, 6.45) is -4.37. The van der Waals surface area contributed by atoms with Crippen LogP contribution in [0.2, 0.25) is 0 Å². The smallest absolute Gasteiger partial charge is 0.389 e. The summed E-state index contributed by atoms with van der Waals surface area (Å²) < 4.78 is 37.3. The molecule has 1 fully saturated rings. The van der Waals surface area contributed by atoms with Crippen LogP contribution in [0.4, 0.5) is 13.2 Å². The normalized spacial score (nSPS) is 18.2. The van der Waals surface area contributed by atoms with Crippen molar-refractivity contribution in [2.45, 2.75) is 44.3 Å². The molecule has 1 amide bonds. The topological polar surface area (TPSA) is 57.6 Å². The summed E-state index contributed by atoms with van der Waals surface area (Å²) in [4.78, 5) is 25.0. The van der Waals surface area contributed by atoms with E-state index in [1.807, 2.05) is 0 Å². The predicted octanol–water partition coefficient (Wildman–Crippen LogP) is 3.26. The molecule has 1 N–H and O–H groups in total. The molecule has 4 nitrogen and oxygen atoms in total. The van der Waals surface area contributed by atoms with E-state index in [9.17, 15) is 22.8 Å². The summed E-state index contributed by atoms with van der Waals surface area (Å²) in [7, 11) is 0. The van der Waals surface area contributed by atoms with E-state index in [0.717, 1.165) is 0 Å².